The van der Waals surface area contributed by atoms with Gasteiger partial charge in [0.15, 0.2) is 17.1 Å². The molecular formula is C72H76N15O8Y-. The number of nitrogens with zero attached hydrogens (tertiary/aromatic N) is 15. The predicted octanol–water partition coefficient (Wildman–Crippen LogP) is 10.5. The van der Waals surface area contributed by atoms with Gasteiger partial charge >= 0.3 is 0 Å². The molecule has 0 N–H and O–H groups in total. The van der Waals surface area contributed by atoms with Gasteiger partial charge in [-0.3, -0.25) is 9.59 Å². The van der Waals surface area contributed by atoms with Gasteiger partial charge in [0.1, 0.15) is 52.2 Å². The molecule has 3 aliphatic rings. The average molecular weight is 1370 g/mol. The van der Waals surface area contributed by atoms with E-state index in [9.17, 15) is 9.59 Å². The number of furan rings is 3. The minimum atomic E-state index is -0.00662. The summed E-state index contributed by atoms with van der Waals surface area (Å²) in [5.41, 5.74) is 10.2. The van der Waals surface area contributed by atoms with Crippen molar-refractivity contribution in [3.63, 3.8) is 0 Å². The SMILES string of the molecule is CC(=O)Cc1nn(-c2ccc(C)cc2)c2nc(CCc3ccco3)nc(N3CCOCC3)c12.CC(=O)c1cc(C)ccc1-n1ncc2c(N3CCOCC3)nc(CCc3ccco3)nc21.[CH2-]c1nn(-c2ccc(C)cc2)c2nc(CCc3ccco3)nc(N3CCOCC3)c12.[Y]. The molecule has 12 aromatic rings. The quantitative estimate of drug-likeness (QED) is 0.0573. The van der Waals surface area contributed by atoms with E-state index in [0.29, 0.717) is 100 Å². The molecule has 0 unspecified atom stereocenters. The van der Waals surface area contributed by atoms with Crippen molar-refractivity contribution < 1.29 is 69.8 Å². The van der Waals surface area contributed by atoms with Crippen molar-refractivity contribution in [1.82, 2.24) is 59.2 Å². The van der Waals surface area contributed by atoms with Crippen LogP contribution in [0.2, 0.25) is 0 Å². The molecule has 3 aliphatic heterocycles. The number of aryl methyl sites for hydroxylation is 9. The second-order valence-electron chi connectivity index (χ2n) is 24.0. The van der Waals surface area contributed by atoms with Crippen LogP contribution in [0.3, 0.4) is 0 Å². The second kappa shape index (κ2) is 30.6. The molecule has 491 valence electrons. The molecule has 23 nitrogen and oxygen atoms in total. The van der Waals surface area contributed by atoms with Crippen LogP contribution in [0.15, 0.2) is 141 Å². The van der Waals surface area contributed by atoms with Gasteiger partial charge in [-0.2, -0.15) is 10.2 Å². The molecule has 24 heteroatoms. The monoisotopic (exact) mass is 1370 g/mol. The fourth-order valence-corrected chi connectivity index (χ4v) is 12.0. The first kappa shape index (κ1) is 66.8. The number of aromatic nitrogens is 12. The molecule has 0 aliphatic carbocycles. The fraction of sp³-hybridized carbons (Fsp3) is 0.333. The summed E-state index contributed by atoms with van der Waals surface area (Å²) < 4.78 is 38.6. The zero-order chi connectivity index (χ0) is 65.4. The Bertz CT molecular complexity index is 4590. The zero-order valence-corrected chi connectivity index (χ0v) is 57.7. The van der Waals surface area contributed by atoms with E-state index < -0.39 is 0 Å². The molecule has 3 aromatic carbocycles. The molecule has 0 amide bonds. The van der Waals surface area contributed by atoms with Crippen LogP contribution in [-0.4, -0.2) is 150 Å². The predicted molar refractivity (Wildman–Crippen MR) is 360 cm³/mol. The standard InChI is InChI=1S/C25H27N5O3.C24H25N5O3.C23H24N5O2.Y/c1-17-5-7-19(8-6-17)30-25-23(21(28-30)16-18(2)31)24(29-11-14-32-15-12-29)26-22(27-25)10-9-20-4-3-13-33-20;1-16-5-7-21(19(14-16)17(2)30)29-24-20(15-25-29)23(28-9-12-31-13-10-28)26-22(27-24)8-6-18-4-3-11-32-18;1-16-5-7-18(8-6-16)28-23-21(17(2)26-28)22(27-11-14-29-15-12-27)24-20(25-23)10-9-19-4-3-13-30-19;/h3-8,13H,9-12,14-16H2,1-2H3;3-5,7,11,14-15H,6,8-10,12-13H2,1-2H3;3-8,13H,2,9-12,14-15H2,1H3;/q;;-1;. The molecule has 15 rings (SSSR count). The Morgan fingerprint density at radius 2 is 0.906 bits per heavy atom. The van der Waals surface area contributed by atoms with Gasteiger partial charge in [-0.05, 0) is 107 Å². The minimum absolute atomic E-state index is 0. The largest absolute Gasteiger partial charge is 0.469 e. The molecule has 0 bridgehead atoms. The number of ketones is 2. The number of carbonyl (C=O) groups excluding carboxylic acids is 2. The van der Waals surface area contributed by atoms with E-state index in [2.05, 4.69) is 77.0 Å². The summed E-state index contributed by atoms with van der Waals surface area (Å²) >= 11 is 0. The van der Waals surface area contributed by atoms with Crippen molar-refractivity contribution in [2.45, 2.75) is 79.6 Å². The number of anilines is 3. The number of rotatable bonds is 18. The van der Waals surface area contributed by atoms with Crippen molar-refractivity contribution in [1.29, 1.82) is 0 Å². The van der Waals surface area contributed by atoms with E-state index in [1.165, 1.54) is 11.1 Å². The van der Waals surface area contributed by atoms with Crippen molar-refractivity contribution in [2.75, 3.05) is 93.6 Å². The summed E-state index contributed by atoms with van der Waals surface area (Å²) in [6.07, 6.45) is 11.2. The smallest absolute Gasteiger partial charge is 0.169 e. The Morgan fingerprint density at radius 3 is 1.36 bits per heavy atom. The van der Waals surface area contributed by atoms with E-state index in [4.69, 9.17) is 67.6 Å². The Balaban J connectivity index is 0.000000137. The normalized spacial score (nSPS) is 14.2. The van der Waals surface area contributed by atoms with Gasteiger partial charge in [-0.25, -0.2) is 56.0 Å². The van der Waals surface area contributed by atoms with Crippen molar-refractivity contribution in [2.24, 2.45) is 0 Å². The minimum Gasteiger partial charge on any atom is -0.469 e. The molecule has 0 spiro atoms. The first-order valence-electron chi connectivity index (χ1n) is 32.3. The molecule has 96 heavy (non-hydrogen) atoms. The number of hydrogen-bond acceptors (Lipinski definition) is 20. The second-order valence-corrected chi connectivity index (χ2v) is 24.0. The number of benzene rings is 3. The van der Waals surface area contributed by atoms with Crippen LogP contribution < -0.4 is 14.7 Å². The van der Waals surface area contributed by atoms with Gasteiger partial charge < -0.3 is 42.2 Å². The van der Waals surface area contributed by atoms with Crippen LogP contribution in [0.25, 0.3) is 50.2 Å². The Morgan fingerprint density at radius 1 is 0.479 bits per heavy atom. The summed E-state index contributed by atoms with van der Waals surface area (Å²) in [6, 6.07) is 33.8. The number of fused-ring (bicyclic) bond motifs is 3. The van der Waals surface area contributed by atoms with Gasteiger partial charge in [-0.15, -0.1) is 0 Å². The summed E-state index contributed by atoms with van der Waals surface area (Å²) in [5.74, 6) is 7.56. The number of morpholine rings is 3. The summed E-state index contributed by atoms with van der Waals surface area (Å²) in [6.45, 7) is 22.0. The number of hydrogen-bond donors (Lipinski definition) is 0. The Kier molecular flexibility index (Phi) is 21.3. The molecule has 9 aromatic heterocycles. The van der Waals surface area contributed by atoms with Crippen LogP contribution in [0.1, 0.15) is 87.0 Å². The number of ether oxygens (including phenoxy) is 3. The van der Waals surface area contributed by atoms with Gasteiger partial charge in [0.05, 0.1) is 116 Å². The first-order valence-corrected chi connectivity index (χ1v) is 32.3. The fourth-order valence-electron chi connectivity index (χ4n) is 12.0. The van der Waals surface area contributed by atoms with E-state index in [-0.39, 0.29) is 50.7 Å². The van der Waals surface area contributed by atoms with Crippen molar-refractivity contribution in [3.05, 3.63) is 203 Å². The number of Topliss-reactive ketones (excluding diaryl/α,β-unsaturated/α-hetero) is 2. The maximum absolute atomic E-state index is 12.4. The average Bonchev–Trinajstić information content (AvgIpc) is 1.63. The van der Waals surface area contributed by atoms with Crippen LogP contribution in [-0.2, 0) is 96.7 Å². The van der Waals surface area contributed by atoms with E-state index >= 15 is 0 Å². The molecule has 3 saturated heterocycles. The third-order valence-corrected chi connectivity index (χ3v) is 16.9. The summed E-state index contributed by atoms with van der Waals surface area (Å²) in [5, 5.41) is 16.8. The molecule has 12 heterocycles. The van der Waals surface area contributed by atoms with E-state index in [0.717, 1.165) is 142 Å². The third-order valence-electron chi connectivity index (χ3n) is 16.9. The molecule has 1 radical (unpaired) electrons. The van der Waals surface area contributed by atoms with Gasteiger partial charge in [0, 0.05) is 116 Å². The summed E-state index contributed by atoms with van der Waals surface area (Å²) in [4.78, 5) is 60.6. The first-order chi connectivity index (χ1) is 46.4. The van der Waals surface area contributed by atoms with Gasteiger partial charge in [-0.1, -0.05) is 58.1 Å². The number of carbonyl (C=O) groups is 2. The zero-order valence-electron chi connectivity index (χ0n) is 54.8. The van der Waals surface area contributed by atoms with Crippen LogP contribution in [0.4, 0.5) is 17.5 Å². The van der Waals surface area contributed by atoms with E-state index in [1.807, 2.05) is 83.0 Å². The van der Waals surface area contributed by atoms with Gasteiger partial charge in [0.2, 0.25) is 0 Å². The topological polar surface area (TPSA) is 242 Å². The van der Waals surface area contributed by atoms with Crippen molar-refractivity contribution >= 4 is 62.1 Å². The molecule has 0 atom stereocenters. The van der Waals surface area contributed by atoms with Crippen LogP contribution in [0.5, 0.6) is 0 Å². The Labute approximate surface area is 581 Å². The molecule has 3 fully saturated rings. The third kappa shape index (κ3) is 15.4. The summed E-state index contributed by atoms with van der Waals surface area (Å²) in [7, 11) is 0. The maximum atomic E-state index is 12.4. The van der Waals surface area contributed by atoms with Crippen LogP contribution >= 0.6 is 0 Å². The van der Waals surface area contributed by atoms with Crippen LogP contribution in [0, 0.1) is 27.7 Å². The van der Waals surface area contributed by atoms with Gasteiger partial charge in [0.25, 0.3) is 0 Å². The maximum Gasteiger partial charge on any atom is 0.169 e. The Hall–Kier alpha value is -9.26. The van der Waals surface area contributed by atoms with E-state index in [1.54, 1.807) is 43.5 Å². The van der Waals surface area contributed by atoms with Crippen molar-refractivity contribution in [3.8, 4) is 17.1 Å². The molecule has 0 saturated carbocycles. The molecular weight excluding hydrogens is 1290 g/mol.